The second-order valence-electron chi connectivity index (χ2n) is 10.3. The molecule has 0 saturated heterocycles. The number of aliphatic imine (C=N–C) groups is 1. The second-order valence-corrected chi connectivity index (χ2v) is 10.8. The van der Waals surface area contributed by atoms with Gasteiger partial charge in [-0.1, -0.05) is 55.9 Å². The molecule has 1 aromatic carbocycles. The first-order valence-electron chi connectivity index (χ1n) is 11.4. The molecule has 5 saturated carbocycles. The highest BCUT2D eigenvalue weighted by atomic mass is 32.1. The van der Waals surface area contributed by atoms with Crippen molar-refractivity contribution in [2.24, 2.45) is 39.8 Å². The van der Waals surface area contributed by atoms with Crippen molar-refractivity contribution >= 4 is 23.4 Å². The predicted molar refractivity (Wildman–Crippen MR) is 121 cm³/mol. The first-order valence-corrected chi connectivity index (χ1v) is 11.9. The van der Waals surface area contributed by atoms with E-state index >= 15 is 0 Å². The quantitative estimate of drug-likeness (QED) is 0.526. The van der Waals surface area contributed by atoms with Crippen molar-refractivity contribution in [3.05, 3.63) is 35.9 Å². The van der Waals surface area contributed by atoms with Gasteiger partial charge in [-0.25, -0.2) is 0 Å². The minimum absolute atomic E-state index is 0.399. The van der Waals surface area contributed by atoms with Crippen LogP contribution in [0.25, 0.3) is 0 Å². The Morgan fingerprint density at radius 2 is 1.89 bits per heavy atom. The average molecular weight is 395 g/mol. The normalized spacial score (nSPS) is 44.4. The maximum atomic E-state index is 6.05. The molecule has 28 heavy (non-hydrogen) atoms. The summed E-state index contributed by atoms with van der Waals surface area (Å²) in [7, 11) is 0. The molecule has 0 amide bonds. The highest BCUT2D eigenvalue weighted by Gasteiger charge is 2.67. The fourth-order valence-electron chi connectivity index (χ4n) is 7.67. The van der Waals surface area contributed by atoms with E-state index in [1.165, 1.54) is 44.9 Å². The fourth-order valence-corrected chi connectivity index (χ4v) is 8.09. The van der Waals surface area contributed by atoms with Crippen LogP contribution < -0.4 is 5.73 Å². The van der Waals surface area contributed by atoms with Crippen LogP contribution in [0.1, 0.15) is 70.3 Å². The van der Waals surface area contributed by atoms with E-state index < -0.39 is 0 Å². The molecule has 150 valence electrons. The Hall–Kier alpha value is -1.06. The number of nitrogens with zero attached hydrogens (tertiary/aromatic N) is 1. The third-order valence-electron chi connectivity index (χ3n) is 8.96. The summed E-state index contributed by atoms with van der Waals surface area (Å²) in [6.07, 6.45) is 13.5. The van der Waals surface area contributed by atoms with Crippen molar-refractivity contribution in [1.82, 2.24) is 0 Å². The molecule has 5 aliphatic rings. The lowest BCUT2D eigenvalue weighted by molar-refractivity contribution is 0.168. The summed E-state index contributed by atoms with van der Waals surface area (Å²) in [5, 5.41) is 0. The highest BCUT2D eigenvalue weighted by molar-refractivity contribution is 7.80. The SMILES string of the molecule is CCC12CC3CC(c4ccccc4)(CC1C3C(=S)N=CC1CCC(N)CC1)C2. The lowest BCUT2D eigenvalue weighted by Gasteiger charge is -2.43. The molecule has 0 aliphatic heterocycles. The number of rotatable bonds is 4. The highest BCUT2D eigenvalue weighted by Crippen LogP contribution is 2.73. The molecular weight excluding hydrogens is 360 g/mol. The molecule has 5 aliphatic carbocycles. The Kier molecular flexibility index (Phi) is 4.75. The molecule has 2 N–H and O–H groups in total. The summed E-state index contributed by atoms with van der Waals surface area (Å²) in [5.41, 5.74) is 8.53. The molecule has 5 fully saturated rings. The summed E-state index contributed by atoms with van der Waals surface area (Å²) < 4.78 is 0. The van der Waals surface area contributed by atoms with Gasteiger partial charge >= 0.3 is 0 Å². The van der Waals surface area contributed by atoms with Gasteiger partial charge in [-0.2, -0.15) is 0 Å². The maximum Gasteiger partial charge on any atom is 0.106 e. The van der Waals surface area contributed by atoms with Crippen molar-refractivity contribution in [1.29, 1.82) is 0 Å². The van der Waals surface area contributed by atoms with E-state index in [0.717, 1.165) is 29.7 Å². The third-order valence-corrected chi connectivity index (χ3v) is 9.33. The minimum atomic E-state index is 0.399. The second kappa shape index (κ2) is 7.02. The largest absolute Gasteiger partial charge is 0.328 e. The Labute approximate surface area is 175 Å². The summed E-state index contributed by atoms with van der Waals surface area (Å²) >= 11 is 5.96. The van der Waals surface area contributed by atoms with E-state index in [9.17, 15) is 0 Å². The topological polar surface area (TPSA) is 38.4 Å². The van der Waals surface area contributed by atoms with E-state index in [0.29, 0.717) is 28.7 Å². The van der Waals surface area contributed by atoms with Crippen LogP contribution in [0.2, 0.25) is 0 Å². The monoisotopic (exact) mass is 394 g/mol. The molecule has 5 unspecified atom stereocenters. The van der Waals surface area contributed by atoms with Crippen LogP contribution in [0, 0.1) is 29.1 Å². The maximum absolute atomic E-state index is 6.05. The first-order chi connectivity index (χ1) is 13.6. The van der Waals surface area contributed by atoms with E-state index in [4.69, 9.17) is 22.9 Å². The molecule has 0 spiro atoms. The number of thiocarbonyl (C=S) groups is 1. The summed E-state index contributed by atoms with van der Waals surface area (Å²) in [4.78, 5) is 5.93. The van der Waals surface area contributed by atoms with Gasteiger partial charge in [-0.05, 0) is 85.5 Å². The Morgan fingerprint density at radius 1 is 1.14 bits per heavy atom. The Bertz CT molecular complexity index is 766. The molecule has 4 bridgehead atoms. The van der Waals surface area contributed by atoms with Gasteiger partial charge in [-0.3, -0.25) is 4.99 Å². The van der Waals surface area contributed by atoms with Gasteiger partial charge in [0.1, 0.15) is 4.99 Å². The molecule has 3 heteroatoms. The molecule has 0 radical (unpaired) electrons. The zero-order valence-corrected chi connectivity index (χ0v) is 18.0. The van der Waals surface area contributed by atoms with Gasteiger partial charge in [0.2, 0.25) is 0 Å². The lowest BCUT2D eigenvalue weighted by Crippen LogP contribution is -2.37. The van der Waals surface area contributed by atoms with Gasteiger partial charge in [0.15, 0.2) is 0 Å². The molecule has 1 aromatic rings. The lowest BCUT2D eigenvalue weighted by atomic mass is 9.62. The smallest absolute Gasteiger partial charge is 0.106 e. The van der Waals surface area contributed by atoms with Crippen LogP contribution in [0.15, 0.2) is 35.3 Å². The van der Waals surface area contributed by atoms with Crippen molar-refractivity contribution in [3.8, 4) is 0 Å². The Balaban J connectivity index is 1.36. The van der Waals surface area contributed by atoms with E-state index in [1.54, 1.807) is 5.56 Å². The van der Waals surface area contributed by atoms with Crippen LogP contribution in [-0.4, -0.2) is 17.2 Å². The van der Waals surface area contributed by atoms with Crippen molar-refractivity contribution < 1.29 is 0 Å². The fraction of sp³-hybridized carbons (Fsp3) is 0.680. The summed E-state index contributed by atoms with van der Waals surface area (Å²) in [6.45, 7) is 2.41. The van der Waals surface area contributed by atoms with E-state index in [1.807, 2.05) is 0 Å². The van der Waals surface area contributed by atoms with Crippen LogP contribution in [0.4, 0.5) is 0 Å². The molecule has 6 rings (SSSR count). The van der Waals surface area contributed by atoms with Gasteiger partial charge in [0.25, 0.3) is 0 Å². The standard InChI is InChI=1S/C25H34N2S/c1-2-24-12-18-13-25(16-24,19-6-4-3-5-7-19)14-21(24)22(18)23(28)27-15-17-8-10-20(26)11-9-17/h3-7,15,17-18,20-22H,2,8-14,16,26H2,1H3. The number of nitrogens with two attached hydrogens (primary N) is 1. The predicted octanol–water partition coefficient (Wildman–Crippen LogP) is 5.69. The summed E-state index contributed by atoms with van der Waals surface area (Å²) in [6, 6.07) is 11.7. The van der Waals surface area contributed by atoms with Crippen molar-refractivity contribution in [2.75, 3.05) is 0 Å². The van der Waals surface area contributed by atoms with Crippen LogP contribution in [0.3, 0.4) is 0 Å². The third kappa shape index (κ3) is 2.92. The molecule has 5 atom stereocenters. The molecular formula is C25H34N2S. The molecule has 2 nitrogen and oxygen atoms in total. The Morgan fingerprint density at radius 3 is 2.61 bits per heavy atom. The van der Waals surface area contributed by atoms with Crippen molar-refractivity contribution in [3.63, 3.8) is 0 Å². The van der Waals surface area contributed by atoms with Gasteiger partial charge in [-0.15, -0.1) is 0 Å². The van der Waals surface area contributed by atoms with Gasteiger partial charge in [0, 0.05) is 18.2 Å². The van der Waals surface area contributed by atoms with Crippen LogP contribution in [0.5, 0.6) is 0 Å². The average Bonchev–Trinajstić information content (AvgIpc) is 3.09. The number of benzene rings is 1. The molecule has 0 heterocycles. The van der Waals surface area contributed by atoms with Crippen molar-refractivity contribution in [2.45, 2.75) is 76.2 Å². The summed E-state index contributed by atoms with van der Waals surface area (Å²) in [5.74, 6) is 2.60. The van der Waals surface area contributed by atoms with Crippen LogP contribution >= 0.6 is 12.2 Å². The molecule has 0 aromatic heterocycles. The zero-order valence-electron chi connectivity index (χ0n) is 17.1. The zero-order chi connectivity index (χ0) is 19.4. The van der Waals surface area contributed by atoms with Gasteiger partial charge < -0.3 is 5.73 Å². The number of hydrogen-bond donors (Lipinski definition) is 1. The minimum Gasteiger partial charge on any atom is -0.328 e. The first kappa shape index (κ1) is 18.9. The van der Waals surface area contributed by atoms with Crippen LogP contribution in [-0.2, 0) is 5.41 Å². The van der Waals surface area contributed by atoms with Gasteiger partial charge in [0.05, 0.1) is 0 Å². The van der Waals surface area contributed by atoms with E-state index in [2.05, 4.69) is 43.5 Å². The van der Waals surface area contributed by atoms with E-state index in [-0.39, 0.29) is 0 Å². The number of hydrogen-bond acceptors (Lipinski definition) is 2.